The van der Waals surface area contributed by atoms with Crippen molar-refractivity contribution in [2.24, 2.45) is 0 Å². The van der Waals surface area contributed by atoms with Crippen molar-refractivity contribution in [3.05, 3.63) is 52.1 Å². The topological polar surface area (TPSA) is 62.5 Å². The van der Waals surface area contributed by atoms with E-state index in [1.54, 1.807) is 25.1 Å². The van der Waals surface area contributed by atoms with Gasteiger partial charge in [-0.25, -0.2) is 9.18 Å². The van der Waals surface area contributed by atoms with Gasteiger partial charge in [0.1, 0.15) is 11.6 Å². The second-order valence-electron chi connectivity index (χ2n) is 4.00. The molecule has 2 N–H and O–H groups in total. The van der Waals surface area contributed by atoms with E-state index in [1.165, 1.54) is 12.1 Å². The minimum absolute atomic E-state index is 0.120. The first-order valence-electron chi connectivity index (χ1n) is 5.52. The molecule has 0 saturated heterocycles. The molecule has 1 heterocycles. The maximum Gasteiger partial charge on any atom is 0.371 e. The third kappa shape index (κ3) is 3.14. The largest absolute Gasteiger partial charge is 0.475 e. The maximum absolute atomic E-state index is 13.4. The summed E-state index contributed by atoms with van der Waals surface area (Å²) < 4.78 is 18.9. The first-order chi connectivity index (χ1) is 8.97. The van der Waals surface area contributed by atoms with Crippen LogP contribution in [0.3, 0.4) is 0 Å². The van der Waals surface area contributed by atoms with E-state index in [-0.39, 0.29) is 17.6 Å². The number of hydrogen-bond acceptors (Lipinski definition) is 3. The molecule has 1 aromatic carbocycles. The molecule has 1 unspecified atom stereocenters. The van der Waals surface area contributed by atoms with Crippen molar-refractivity contribution in [3.63, 3.8) is 0 Å². The lowest BCUT2D eigenvalue weighted by atomic mass is 10.2. The molecule has 2 rings (SSSR count). The molecule has 6 heteroatoms. The molecule has 0 fully saturated rings. The predicted octanol–water partition coefficient (Wildman–Crippen LogP) is 4.05. The number of carboxylic acids is 1. The molecule has 1 atom stereocenters. The van der Waals surface area contributed by atoms with E-state index in [0.717, 1.165) is 0 Å². The van der Waals surface area contributed by atoms with E-state index in [0.29, 0.717) is 15.9 Å². The van der Waals surface area contributed by atoms with Gasteiger partial charge in [-0.15, -0.1) is 0 Å². The Bertz CT molecular complexity index is 612. The summed E-state index contributed by atoms with van der Waals surface area (Å²) >= 11 is 3.07. The number of halogens is 2. The predicted molar refractivity (Wildman–Crippen MR) is 71.8 cm³/mol. The summed E-state index contributed by atoms with van der Waals surface area (Å²) in [5.74, 6) is -1.14. The quantitative estimate of drug-likeness (QED) is 0.889. The van der Waals surface area contributed by atoms with Crippen molar-refractivity contribution in [1.82, 2.24) is 0 Å². The highest BCUT2D eigenvalue weighted by molar-refractivity contribution is 9.10. The standard InChI is InChI=1S/C13H11BrFNO3/c1-7(11-4-5-12(19-11)13(17)18)16-8-2-3-9(14)10(15)6-8/h2-7,16H,1H3,(H,17,18). The molecule has 0 saturated carbocycles. The van der Waals surface area contributed by atoms with Gasteiger partial charge in [0.2, 0.25) is 5.76 Å². The van der Waals surface area contributed by atoms with Crippen LogP contribution in [0.5, 0.6) is 0 Å². The normalized spacial score (nSPS) is 12.2. The van der Waals surface area contributed by atoms with E-state index in [4.69, 9.17) is 9.52 Å². The van der Waals surface area contributed by atoms with Crippen molar-refractivity contribution in [2.75, 3.05) is 5.32 Å². The second kappa shape index (κ2) is 5.44. The zero-order valence-corrected chi connectivity index (χ0v) is 11.6. The Kier molecular flexibility index (Phi) is 3.90. The number of hydrogen-bond donors (Lipinski definition) is 2. The van der Waals surface area contributed by atoms with Crippen LogP contribution in [0.15, 0.2) is 39.2 Å². The summed E-state index contributed by atoms with van der Waals surface area (Å²) in [6.45, 7) is 1.80. The van der Waals surface area contributed by atoms with Crippen molar-refractivity contribution in [1.29, 1.82) is 0 Å². The highest BCUT2D eigenvalue weighted by Crippen LogP contribution is 2.24. The third-order valence-corrected chi connectivity index (χ3v) is 3.21. The number of benzene rings is 1. The van der Waals surface area contributed by atoms with Crippen LogP contribution in [0.4, 0.5) is 10.1 Å². The fraction of sp³-hybridized carbons (Fsp3) is 0.154. The Morgan fingerprint density at radius 2 is 2.16 bits per heavy atom. The SMILES string of the molecule is CC(Nc1ccc(Br)c(F)c1)c1ccc(C(=O)O)o1. The van der Waals surface area contributed by atoms with Crippen molar-refractivity contribution < 1.29 is 18.7 Å². The molecular weight excluding hydrogens is 317 g/mol. The van der Waals surface area contributed by atoms with E-state index in [9.17, 15) is 9.18 Å². The minimum atomic E-state index is -1.12. The van der Waals surface area contributed by atoms with Crippen LogP contribution in [-0.2, 0) is 0 Å². The molecule has 0 spiro atoms. The number of nitrogens with one attached hydrogen (secondary N) is 1. The van der Waals surface area contributed by atoms with Gasteiger partial charge >= 0.3 is 5.97 Å². The van der Waals surface area contributed by atoms with Gasteiger partial charge < -0.3 is 14.8 Å². The monoisotopic (exact) mass is 327 g/mol. The lowest BCUT2D eigenvalue weighted by molar-refractivity contribution is 0.0660. The summed E-state index contributed by atoms with van der Waals surface area (Å²) in [5.41, 5.74) is 0.585. The van der Waals surface area contributed by atoms with E-state index in [1.807, 2.05) is 0 Å². The number of furan rings is 1. The molecular formula is C13H11BrFNO3. The summed E-state index contributed by atoms with van der Waals surface area (Å²) in [6, 6.07) is 7.35. The van der Waals surface area contributed by atoms with E-state index < -0.39 is 5.97 Å². The average Bonchev–Trinajstić information content (AvgIpc) is 2.83. The Labute approximate surface area is 117 Å². The third-order valence-electron chi connectivity index (χ3n) is 2.57. The van der Waals surface area contributed by atoms with Gasteiger partial charge in [0.25, 0.3) is 0 Å². The fourth-order valence-corrected chi connectivity index (χ4v) is 1.85. The van der Waals surface area contributed by atoms with Crippen LogP contribution < -0.4 is 5.32 Å². The van der Waals surface area contributed by atoms with Gasteiger partial charge in [-0.3, -0.25) is 0 Å². The number of aromatic carboxylic acids is 1. The molecule has 0 aliphatic rings. The van der Waals surface area contributed by atoms with Gasteiger partial charge in [-0.05, 0) is 53.2 Å². The van der Waals surface area contributed by atoms with Crippen LogP contribution in [0.1, 0.15) is 29.3 Å². The number of carbonyl (C=O) groups is 1. The zero-order chi connectivity index (χ0) is 14.0. The lowest BCUT2D eigenvalue weighted by Crippen LogP contribution is -2.06. The number of carboxylic acid groups (broad SMARTS) is 1. The summed E-state index contributed by atoms with van der Waals surface area (Å²) in [7, 11) is 0. The molecule has 0 bridgehead atoms. The smallest absolute Gasteiger partial charge is 0.371 e. The summed E-state index contributed by atoms with van der Waals surface area (Å²) in [4.78, 5) is 10.7. The summed E-state index contributed by atoms with van der Waals surface area (Å²) in [6.07, 6.45) is 0. The van der Waals surface area contributed by atoms with Crippen LogP contribution in [-0.4, -0.2) is 11.1 Å². The van der Waals surface area contributed by atoms with E-state index >= 15 is 0 Å². The Balaban J connectivity index is 2.13. The van der Waals surface area contributed by atoms with Gasteiger partial charge in [0.05, 0.1) is 10.5 Å². The van der Waals surface area contributed by atoms with Crippen LogP contribution >= 0.6 is 15.9 Å². The molecule has 1 aromatic heterocycles. The van der Waals surface area contributed by atoms with Gasteiger partial charge in [0.15, 0.2) is 0 Å². The lowest BCUT2D eigenvalue weighted by Gasteiger charge is -2.13. The molecule has 0 aliphatic carbocycles. The first-order valence-corrected chi connectivity index (χ1v) is 6.31. The molecule has 2 aromatic rings. The molecule has 0 radical (unpaired) electrons. The first kappa shape index (κ1) is 13.6. The average molecular weight is 328 g/mol. The van der Waals surface area contributed by atoms with Gasteiger partial charge in [-0.1, -0.05) is 0 Å². The van der Waals surface area contributed by atoms with Crippen LogP contribution in [0, 0.1) is 5.82 Å². The zero-order valence-electron chi connectivity index (χ0n) is 9.98. The van der Waals surface area contributed by atoms with Gasteiger partial charge in [-0.2, -0.15) is 0 Å². The summed E-state index contributed by atoms with van der Waals surface area (Å²) in [5, 5.41) is 11.8. The Morgan fingerprint density at radius 1 is 1.42 bits per heavy atom. The maximum atomic E-state index is 13.4. The van der Waals surface area contributed by atoms with E-state index in [2.05, 4.69) is 21.2 Å². The molecule has 100 valence electrons. The molecule has 0 amide bonds. The Morgan fingerprint density at radius 3 is 2.74 bits per heavy atom. The number of anilines is 1. The van der Waals surface area contributed by atoms with Crippen molar-refractivity contribution >= 4 is 27.6 Å². The molecule has 0 aliphatic heterocycles. The van der Waals surface area contributed by atoms with Crippen LogP contribution in [0.2, 0.25) is 0 Å². The molecule has 19 heavy (non-hydrogen) atoms. The fourth-order valence-electron chi connectivity index (χ4n) is 1.61. The van der Waals surface area contributed by atoms with Gasteiger partial charge in [0, 0.05) is 5.69 Å². The minimum Gasteiger partial charge on any atom is -0.475 e. The second-order valence-corrected chi connectivity index (χ2v) is 4.86. The number of rotatable bonds is 4. The van der Waals surface area contributed by atoms with Crippen LogP contribution in [0.25, 0.3) is 0 Å². The van der Waals surface area contributed by atoms with Crippen molar-refractivity contribution in [3.8, 4) is 0 Å². The molecule has 4 nitrogen and oxygen atoms in total. The highest BCUT2D eigenvalue weighted by Gasteiger charge is 2.14. The highest BCUT2D eigenvalue weighted by atomic mass is 79.9. The Hall–Kier alpha value is -1.82. The van der Waals surface area contributed by atoms with Crippen molar-refractivity contribution in [2.45, 2.75) is 13.0 Å².